The van der Waals surface area contributed by atoms with Crippen molar-refractivity contribution in [3.05, 3.63) is 89.2 Å². The molecule has 32 heavy (non-hydrogen) atoms. The van der Waals surface area contributed by atoms with Crippen molar-refractivity contribution in [2.24, 2.45) is 0 Å². The van der Waals surface area contributed by atoms with Crippen LogP contribution in [0.25, 0.3) is 10.2 Å². The normalized spacial score (nSPS) is 11.8. The molecular formula is C24H20F3N3OS. The fourth-order valence-corrected chi connectivity index (χ4v) is 4.42. The fourth-order valence-electron chi connectivity index (χ4n) is 3.42. The van der Waals surface area contributed by atoms with Gasteiger partial charge in [0.05, 0.1) is 22.3 Å². The van der Waals surface area contributed by atoms with Crippen LogP contribution in [0, 0.1) is 0 Å². The molecule has 0 atom stereocenters. The number of amides is 1. The van der Waals surface area contributed by atoms with Crippen LogP contribution >= 0.6 is 11.3 Å². The van der Waals surface area contributed by atoms with Gasteiger partial charge in [-0.1, -0.05) is 49.4 Å². The Morgan fingerprint density at radius 1 is 1.09 bits per heavy atom. The number of rotatable bonds is 5. The van der Waals surface area contributed by atoms with Crippen LogP contribution in [-0.4, -0.2) is 15.9 Å². The van der Waals surface area contributed by atoms with Gasteiger partial charge >= 0.3 is 6.18 Å². The van der Waals surface area contributed by atoms with Crippen LogP contribution < -0.4 is 4.90 Å². The molecular weight excluding hydrogens is 435 g/mol. The highest BCUT2D eigenvalue weighted by molar-refractivity contribution is 7.22. The van der Waals surface area contributed by atoms with Gasteiger partial charge in [0.1, 0.15) is 0 Å². The maximum atomic E-state index is 13.4. The van der Waals surface area contributed by atoms with Gasteiger partial charge in [-0.3, -0.25) is 14.7 Å². The highest BCUT2D eigenvalue weighted by Crippen LogP contribution is 2.35. The molecule has 0 fully saturated rings. The summed E-state index contributed by atoms with van der Waals surface area (Å²) in [5, 5.41) is 0.430. The number of carbonyl (C=O) groups excluding carboxylic acids is 1. The van der Waals surface area contributed by atoms with E-state index in [1.54, 1.807) is 18.5 Å². The molecule has 0 radical (unpaired) electrons. The Kier molecular flexibility index (Phi) is 5.97. The van der Waals surface area contributed by atoms with Crippen molar-refractivity contribution < 1.29 is 18.0 Å². The summed E-state index contributed by atoms with van der Waals surface area (Å²) < 4.78 is 40.6. The third-order valence-electron chi connectivity index (χ3n) is 5.04. The van der Waals surface area contributed by atoms with Gasteiger partial charge in [-0.25, -0.2) is 4.98 Å². The second-order valence-corrected chi connectivity index (χ2v) is 8.69. The molecule has 0 saturated carbocycles. The Hall–Kier alpha value is -3.26. The SMILES string of the molecule is CC(C)c1cccc2sc(N(Cc3cccnc3)C(=O)c3cccc(C(F)(F)F)c3)nc12. The first-order valence-electron chi connectivity index (χ1n) is 10.0. The van der Waals surface area contributed by atoms with E-state index in [0.29, 0.717) is 5.13 Å². The summed E-state index contributed by atoms with van der Waals surface area (Å²) in [5.41, 5.74) is 1.69. The van der Waals surface area contributed by atoms with E-state index in [4.69, 9.17) is 4.98 Å². The van der Waals surface area contributed by atoms with Gasteiger partial charge in [0.2, 0.25) is 0 Å². The number of anilines is 1. The molecule has 0 bridgehead atoms. The van der Waals surface area contributed by atoms with E-state index in [1.165, 1.54) is 28.4 Å². The summed E-state index contributed by atoms with van der Waals surface area (Å²) in [4.78, 5) is 23.7. The number of pyridine rings is 1. The highest BCUT2D eigenvalue weighted by atomic mass is 32.1. The molecule has 0 aliphatic carbocycles. The number of nitrogens with zero attached hydrogens (tertiary/aromatic N) is 3. The van der Waals surface area contributed by atoms with Crippen LogP contribution in [0.4, 0.5) is 18.3 Å². The Labute approximate surface area is 187 Å². The second kappa shape index (κ2) is 8.70. The molecule has 8 heteroatoms. The van der Waals surface area contributed by atoms with Crippen LogP contribution in [0.2, 0.25) is 0 Å². The molecule has 4 rings (SSSR count). The first-order valence-corrected chi connectivity index (χ1v) is 10.8. The third-order valence-corrected chi connectivity index (χ3v) is 6.08. The number of halogens is 3. The average molecular weight is 456 g/mol. The van der Waals surface area contributed by atoms with Crippen molar-refractivity contribution in [2.45, 2.75) is 32.5 Å². The first-order chi connectivity index (χ1) is 15.2. The van der Waals surface area contributed by atoms with Gasteiger partial charge in [0, 0.05) is 18.0 Å². The molecule has 0 aliphatic rings. The Bertz CT molecular complexity index is 1250. The van der Waals surface area contributed by atoms with Crippen LogP contribution in [0.5, 0.6) is 0 Å². The third kappa shape index (κ3) is 4.50. The summed E-state index contributed by atoms with van der Waals surface area (Å²) in [7, 11) is 0. The molecule has 2 aromatic carbocycles. The minimum Gasteiger partial charge on any atom is -0.279 e. The molecule has 4 aromatic rings. The van der Waals surface area contributed by atoms with Crippen LogP contribution in [0.3, 0.4) is 0 Å². The first kappa shape index (κ1) is 22.0. The van der Waals surface area contributed by atoms with E-state index >= 15 is 0 Å². The Balaban J connectivity index is 1.80. The topological polar surface area (TPSA) is 46.1 Å². The van der Waals surface area contributed by atoms with E-state index < -0.39 is 17.6 Å². The minimum atomic E-state index is -4.54. The van der Waals surface area contributed by atoms with Crippen molar-refractivity contribution in [3.8, 4) is 0 Å². The zero-order chi connectivity index (χ0) is 22.9. The number of hydrogen-bond acceptors (Lipinski definition) is 4. The molecule has 4 nitrogen and oxygen atoms in total. The minimum absolute atomic E-state index is 0.0490. The largest absolute Gasteiger partial charge is 0.416 e. The Morgan fingerprint density at radius 2 is 1.88 bits per heavy atom. The zero-order valence-electron chi connectivity index (χ0n) is 17.4. The van der Waals surface area contributed by atoms with E-state index in [-0.39, 0.29) is 18.0 Å². The summed E-state index contributed by atoms with van der Waals surface area (Å²) in [6.45, 7) is 4.27. The molecule has 0 N–H and O–H groups in total. The van der Waals surface area contributed by atoms with E-state index in [1.807, 2.05) is 24.3 Å². The van der Waals surface area contributed by atoms with E-state index in [9.17, 15) is 18.0 Å². The maximum Gasteiger partial charge on any atom is 0.416 e. The van der Waals surface area contributed by atoms with Gasteiger partial charge in [0.25, 0.3) is 5.91 Å². The van der Waals surface area contributed by atoms with Gasteiger partial charge in [-0.2, -0.15) is 13.2 Å². The number of hydrogen-bond donors (Lipinski definition) is 0. The molecule has 0 spiro atoms. The quantitative estimate of drug-likeness (QED) is 0.337. The summed E-state index contributed by atoms with van der Waals surface area (Å²) >= 11 is 1.34. The van der Waals surface area contributed by atoms with Crippen molar-refractivity contribution in [3.63, 3.8) is 0 Å². The zero-order valence-corrected chi connectivity index (χ0v) is 18.2. The summed E-state index contributed by atoms with van der Waals surface area (Å²) in [5.74, 6) is -0.315. The second-order valence-electron chi connectivity index (χ2n) is 7.68. The molecule has 2 aromatic heterocycles. The van der Waals surface area contributed by atoms with Crippen molar-refractivity contribution in [1.29, 1.82) is 0 Å². The molecule has 0 aliphatic heterocycles. The predicted octanol–water partition coefficient (Wildman–Crippen LogP) is 6.68. The lowest BCUT2D eigenvalue weighted by Gasteiger charge is -2.20. The standard InChI is InChI=1S/C24H20F3N3OS/c1-15(2)19-9-4-10-20-21(19)29-23(32-20)30(14-16-6-5-11-28-13-16)22(31)17-7-3-8-18(12-17)24(25,26)27/h3-13,15H,14H2,1-2H3. The number of carbonyl (C=O) groups is 1. The number of aromatic nitrogens is 2. The van der Waals surface area contributed by atoms with Gasteiger partial charge < -0.3 is 0 Å². The van der Waals surface area contributed by atoms with Crippen molar-refractivity contribution in [2.75, 3.05) is 4.90 Å². The smallest absolute Gasteiger partial charge is 0.279 e. The number of fused-ring (bicyclic) bond motifs is 1. The molecule has 0 unspecified atom stereocenters. The lowest BCUT2D eigenvalue weighted by atomic mass is 10.0. The number of para-hydroxylation sites is 1. The van der Waals surface area contributed by atoms with Gasteiger partial charge in [-0.15, -0.1) is 0 Å². The Morgan fingerprint density at radius 3 is 2.56 bits per heavy atom. The monoisotopic (exact) mass is 455 g/mol. The van der Waals surface area contributed by atoms with Crippen LogP contribution in [0.1, 0.15) is 46.8 Å². The molecule has 2 heterocycles. The lowest BCUT2D eigenvalue weighted by molar-refractivity contribution is -0.137. The lowest BCUT2D eigenvalue weighted by Crippen LogP contribution is -2.30. The van der Waals surface area contributed by atoms with E-state index in [0.717, 1.165) is 33.5 Å². The number of thiazole rings is 1. The fraction of sp³-hybridized carbons (Fsp3) is 0.208. The molecule has 1 amide bonds. The van der Waals surface area contributed by atoms with Crippen LogP contribution in [0.15, 0.2) is 67.0 Å². The molecule has 0 saturated heterocycles. The van der Waals surface area contributed by atoms with Crippen molar-refractivity contribution in [1.82, 2.24) is 9.97 Å². The van der Waals surface area contributed by atoms with Crippen LogP contribution in [-0.2, 0) is 12.7 Å². The maximum absolute atomic E-state index is 13.4. The van der Waals surface area contributed by atoms with Crippen molar-refractivity contribution >= 4 is 32.6 Å². The average Bonchev–Trinajstić information content (AvgIpc) is 3.21. The summed E-state index contributed by atoms with van der Waals surface area (Å²) in [6.07, 6.45) is -1.29. The van der Waals surface area contributed by atoms with Gasteiger partial charge in [0.15, 0.2) is 5.13 Å². The predicted molar refractivity (Wildman–Crippen MR) is 120 cm³/mol. The highest BCUT2D eigenvalue weighted by Gasteiger charge is 2.32. The van der Waals surface area contributed by atoms with Gasteiger partial charge in [-0.05, 0) is 47.4 Å². The number of benzene rings is 2. The van der Waals surface area contributed by atoms with E-state index in [2.05, 4.69) is 18.8 Å². The number of alkyl halides is 3. The molecule has 164 valence electrons. The summed E-state index contributed by atoms with van der Waals surface area (Å²) in [6, 6.07) is 13.9.